The third-order valence-corrected chi connectivity index (χ3v) is 4.24. The lowest BCUT2D eigenvalue weighted by Crippen LogP contribution is -2.34. The molecule has 0 radical (unpaired) electrons. The van der Waals surface area contributed by atoms with Crippen LogP contribution in [0.2, 0.25) is 0 Å². The predicted octanol–water partition coefficient (Wildman–Crippen LogP) is 3.47. The van der Waals surface area contributed by atoms with Gasteiger partial charge >= 0.3 is 0 Å². The van der Waals surface area contributed by atoms with Crippen LogP contribution in [0.25, 0.3) is 0 Å². The van der Waals surface area contributed by atoms with Gasteiger partial charge in [0.1, 0.15) is 0 Å². The predicted molar refractivity (Wildman–Crippen MR) is 85.2 cm³/mol. The van der Waals surface area contributed by atoms with E-state index in [1.807, 2.05) is 19.3 Å². The molecule has 0 N–H and O–H groups in total. The van der Waals surface area contributed by atoms with Crippen LogP contribution in [-0.2, 0) is 6.54 Å². The molecule has 110 valence electrons. The fraction of sp³-hybridized carbons (Fsp3) is 0.444. The van der Waals surface area contributed by atoms with Crippen molar-refractivity contribution in [3.8, 4) is 0 Å². The normalized spacial score (nSPS) is 19.6. The number of benzene rings is 1. The van der Waals surface area contributed by atoms with Gasteiger partial charge in [-0.25, -0.2) is 0 Å². The zero-order valence-electron chi connectivity index (χ0n) is 12.9. The third-order valence-electron chi connectivity index (χ3n) is 4.24. The van der Waals surface area contributed by atoms with Gasteiger partial charge in [-0.15, -0.1) is 0 Å². The Kier molecular flexibility index (Phi) is 4.30. The molecule has 1 atom stereocenters. The summed E-state index contributed by atoms with van der Waals surface area (Å²) in [5, 5.41) is 0. The van der Waals surface area contributed by atoms with Crippen LogP contribution < -0.4 is 0 Å². The lowest BCUT2D eigenvalue weighted by Gasteiger charge is -2.32. The van der Waals surface area contributed by atoms with Gasteiger partial charge in [-0.05, 0) is 44.7 Å². The minimum absolute atomic E-state index is 0.650. The maximum Gasteiger partial charge on any atom is 0.0727 e. The van der Waals surface area contributed by atoms with Crippen molar-refractivity contribution in [2.24, 2.45) is 0 Å². The van der Waals surface area contributed by atoms with Gasteiger partial charge in [0.25, 0.3) is 0 Å². The Labute approximate surface area is 127 Å². The average molecular weight is 281 g/mol. The lowest BCUT2D eigenvalue weighted by atomic mass is 9.90. The fourth-order valence-corrected chi connectivity index (χ4v) is 3.13. The van der Waals surface area contributed by atoms with Gasteiger partial charge in [0.2, 0.25) is 0 Å². The Hall–Kier alpha value is -1.74. The summed E-state index contributed by atoms with van der Waals surface area (Å²) in [6.45, 7) is 7.35. The number of rotatable bonds is 3. The number of hydrogen-bond donors (Lipinski definition) is 0. The van der Waals surface area contributed by atoms with E-state index in [0.29, 0.717) is 5.92 Å². The summed E-state index contributed by atoms with van der Waals surface area (Å²) < 4.78 is 0. The van der Waals surface area contributed by atoms with Crippen LogP contribution in [0.3, 0.4) is 0 Å². The Morgan fingerprint density at radius 1 is 1.19 bits per heavy atom. The highest BCUT2D eigenvalue weighted by molar-refractivity contribution is 5.26. The second-order valence-corrected chi connectivity index (χ2v) is 6.14. The van der Waals surface area contributed by atoms with Crippen molar-refractivity contribution < 1.29 is 0 Å². The Morgan fingerprint density at radius 3 is 2.86 bits per heavy atom. The maximum absolute atomic E-state index is 4.48. The zero-order chi connectivity index (χ0) is 14.7. The van der Waals surface area contributed by atoms with Gasteiger partial charge in [0.05, 0.1) is 11.4 Å². The Balaban J connectivity index is 1.67. The van der Waals surface area contributed by atoms with E-state index in [0.717, 1.165) is 31.0 Å². The van der Waals surface area contributed by atoms with E-state index in [1.54, 1.807) is 0 Å². The lowest BCUT2D eigenvalue weighted by molar-refractivity contribution is 0.198. The molecule has 0 spiro atoms. The SMILES string of the molecule is Cc1cccc([C@@H]2CCCN(Cc3cnc(C)cn3)C2)c1. The monoisotopic (exact) mass is 281 g/mol. The van der Waals surface area contributed by atoms with Gasteiger partial charge in [-0.1, -0.05) is 29.8 Å². The molecular weight excluding hydrogens is 258 g/mol. The topological polar surface area (TPSA) is 29.0 Å². The summed E-state index contributed by atoms with van der Waals surface area (Å²) in [5.74, 6) is 0.650. The van der Waals surface area contributed by atoms with E-state index in [1.165, 1.54) is 24.0 Å². The van der Waals surface area contributed by atoms with Crippen LogP contribution in [0.4, 0.5) is 0 Å². The number of piperidine rings is 1. The molecule has 2 aromatic rings. The molecule has 0 amide bonds. The van der Waals surface area contributed by atoms with Crippen molar-refractivity contribution in [2.45, 2.75) is 39.2 Å². The molecule has 3 rings (SSSR count). The molecule has 1 fully saturated rings. The standard InChI is InChI=1S/C18H23N3/c1-14-5-3-6-16(9-14)17-7-4-8-21(12-17)13-18-11-19-15(2)10-20-18/h3,5-6,9-11,17H,4,7-8,12-13H2,1-2H3/t17-/m1/s1. The van der Waals surface area contributed by atoms with Gasteiger partial charge in [-0.2, -0.15) is 0 Å². The van der Waals surface area contributed by atoms with Crippen LogP contribution in [-0.4, -0.2) is 28.0 Å². The Morgan fingerprint density at radius 2 is 2.10 bits per heavy atom. The highest BCUT2D eigenvalue weighted by atomic mass is 15.1. The van der Waals surface area contributed by atoms with Crippen LogP contribution >= 0.6 is 0 Å². The molecule has 1 aliphatic rings. The quantitative estimate of drug-likeness (QED) is 0.862. The minimum Gasteiger partial charge on any atom is -0.297 e. The summed E-state index contributed by atoms with van der Waals surface area (Å²) in [5.41, 5.74) is 4.89. The molecule has 0 saturated carbocycles. The van der Waals surface area contributed by atoms with Crippen LogP contribution in [0.5, 0.6) is 0 Å². The molecule has 2 heterocycles. The van der Waals surface area contributed by atoms with E-state index in [2.05, 4.69) is 46.1 Å². The first-order valence-corrected chi connectivity index (χ1v) is 7.77. The van der Waals surface area contributed by atoms with E-state index in [4.69, 9.17) is 0 Å². The van der Waals surface area contributed by atoms with Crippen molar-refractivity contribution >= 4 is 0 Å². The van der Waals surface area contributed by atoms with Crippen molar-refractivity contribution in [2.75, 3.05) is 13.1 Å². The van der Waals surface area contributed by atoms with E-state index in [9.17, 15) is 0 Å². The van der Waals surface area contributed by atoms with Gasteiger partial charge in [-0.3, -0.25) is 14.9 Å². The number of nitrogens with zero attached hydrogens (tertiary/aromatic N) is 3. The summed E-state index contributed by atoms with van der Waals surface area (Å²) in [6.07, 6.45) is 6.32. The maximum atomic E-state index is 4.48. The number of hydrogen-bond acceptors (Lipinski definition) is 3. The molecule has 21 heavy (non-hydrogen) atoms. The zero-order valence-corrected chi connectivity index (χ0v) is 12.9. The van der Waals surface area contributed by atoms with Gasteiger partial charge in [0, 0.05) is 25.5 Å². The molecule has 1 aliphatic heterocycles. The smallest absolute Gasteiger partial charge is 0.0727 e. The largest absolute Gasteiger partial charge is 0.297 e. The van der Waals surface area contributed by atoms with Gasteiger partial charge < -0.3 is 0 Å². The second-order valence-electron chi connectivity index (χ2n) is 6.14. The number of likely N-dealkylation sites (tertiary alicyclic amines) is 1. The van der Waals surface area contributed by atoms with Gasteiger partial charge in [0.15, 0.2) is 0 Å². The van der Waals surface area contributed by atoms with Crippen LogP contribution in [0.1, 0.15) is 41.3 Å². The van der Waals surface area contributed by atoms with E-state index >= 15 is 0 Å². The van der Waals surface area contributed by atoms with Crippen molar-refractivity contribution in [1.82, 2.24) is 14.9 Å². The molecular formula is C18H23N3. The average Bonchev–Trinajstić information content (AvgIpc) is 2.50. The summed E-state index contributed by atoms with van der Waals surface area (Å²) >= 11 is 0. The number of aromatic nitrogens is 2. The van der Waals surface area contributed by atoms with Crippen LogP contribution in [0.15, 0.2) is 36.7 Å². The molecule has 0 aliphatic carbocycles. The second kappa shape index (κ2) is 6.35. The first kappa shape index (κ1) is 14.2. The van der Waals surface area contributed by atoms with E-state index < -0.39 is 0 Å². The molecule has 1 aromatic heterocycles. The van der Waals surface area contributed by atoms with E-state index in [-0.39, 0.29) is 0 Å². The number of aryl methyl sites for hydroxylation is 2. The van der Waals surface area contributed by atoms with Crippen LogP contribution in [0, 0.1) is 13.8 Å². The third kappa shape index (κ3) is 3.67. The van der Waals surface area contributed by atoms with Crippen molar-refractivity contribution in [3.05, 3.63) is 59.2 Å². The first-order valence-electron chi connectivity index (χ1n) is 7.77. The van der Waals surface area contributed by atoms with Crippen molar-refractivity contribution in [3.63, 3.8) is 0 Å². The fourth-order valence-electron chi connectivity index (χ4n) is 3.13. The summed E-state index contributed by atoms with van der Waals surface area (Å²) in [7, 11) is 0. The minimum atomic E-state index is 0.650. The molecule has 1 saturated heterocycles. The molecule has 0 bridgehead atoms. The molecule has 0 unspecified atom stereocenters. The summed E-state index contributed by atoms with van der Waals surface area (Å²) in [4.78, 5) is 11.3. The molecule has 3 heteroatoms. The highest BCUT2D eigenvalue weighted by Crippen LogP contribution is 2.27. The molecule has 1 aromatic carbocycles. The van der Waals surface area contributed by atoms with Crippen molar-refractivity contribution in [1.29, 1.82) is 0 Å². The Bertz CT molecular complexity index is 592. The highest BCUT2D eigenvalue weighted by Gasteiger charge is 2.21. The molecule has 3 nitrogen and oxygen atoms in total. The summed E-state index contributed by atoms with van der Waals surface area (Å²) in [6, 6.07) is 8.95. The first-order chi connectivity index (χ1) is 10.2.